The lowest BCUT2D eigenvalue weighted by molar-refractivity contribution is -0.125. The van der Waals surface area contributed by atoms with E-state index in [4.69, 9.17) is 5.73 Å². The van der Waals surface area contributed by atoms with Gasteiger partial charge in [-0.15, -0.1) is 10.2 Å². The summed E-state index contributed by atoms with van der Waals surface area (Å²) in [4.78, 5) is 12.0. The molecule has 100 valence electrons. The van der Waals surface area contributed by atoms with Crippen molar-refractivity contribution in [3.8, 4) is 0 Å². The average Bonchev–Trinajstić information content (AvgIpc) is 2.70. The smallest absolute Gasteiger partial charge is 0.221 e. The van der Waals surface area contributed by atoms with E-state index in [0.29, 0.717) is 13.0 Å². The lowest BCUT2D eigenvalue weighted by atomic mass is 9.66. The number of carbonyl (C=O) groups excluding carboxylic acids is 1. The van der Waals surface area contributed by atoms with Crippen molar-refractivity contribution in [3.05, 3.63) is 12.2 Å². The molecule has 0 radical (unpaired) electrons. The molecule has 3 N–H and O–H groups in total. The molecule has 6 heteroatoms. The van der Waals surface area contributed by atoms with E-state index in [9.17, 15) is 4.79 Å². The van der Waals surface area contributed by atoms with Crippen LogP contribution in [0.5, 0.6) is 0 Å². The fourth-order valence-corrected chi connectivity index (χ4v) is 2.51. The Labute approximate surface area is 107 Å². The van der Waals surface area contributed by atoms with E-state index in [2.05, 4.69) is 15.5 Å². The van der Waals surface area contributed by atoms with Crippen molar-refractivity contribution in [3.63, 3.8) is 0 Å². The van der Waals surface area contributed by atoms with E-state index in [0.717, 1.165) is 18.7 Å². The van der Waals surface area contributed by atoms with Crippen LogP contribution in [0.1, 0.15) is 44.5 Å². The van der Waals surface area contributed by atoms with Crippen molar-refractivity contribution in [2.45, 2.75) is 38.6 Å². The highest BCUT2D eigenvalue weighted by atomic mass is 16.1. The second-order valence-electron chi connectivity index (χ2n) is 5.32. The van der Waals surface area contributed by atoms with E-state index in [-0.39, 0.29) is 17.4 Å². The van der Waals surface area contributed by atoms with Gasteiger partial charge in [0.2, 0.25) is 5.91 Å². The van der Waals surface area contributed by atoms with Gasteiger partial charge in [0.25, 0.3) is 0 Å². The molecule has 1 unspecified atom stereocenters. The fourth-order valence-electron chi connectivity index (χ4n) is 2.51. The highest BCUT2D eigenvalue weighted by Gasteiger charge is 2.37. The molecule has 1 saturated carbocycles. The second kappa shape index (κ2) is 5.06. The van der Waals surface area contributed by atoms with Crippen LogP contribution in [0.15, 0.2) is 6.33 Å². The Balaban J connectivity index is 1.90. The summed E-state index contributed by atoms with van der Waals surface area (Å²) in [7, 11) is 1.87. The molecule has 0 bridgehead atoms. The van der Waals surface area contributed by atoms with Crippen LogP contribution in [0.25, 0.3) is 0 Å². The molecule has 18 heavy (non-hydrogen) atoms. The van der Waals surface area contributed by atoms with Gasteiger partial charge in [0.1, 0.15) is 6.33 Å². The normalized spacial score (nSPS) is 19.1. The molecule has 0 saturated heterocycles. The molecule has 1 fully saturated rings. The van der Waals surface area contributed by atoms with Gasteiger partial charge in [0.05, 0.1) is 6.04 Å². The summed E-state index contributed by atoms with van der Waals surface area (Å²) in [5.41, 5.74) is 5.81. The molecule has 0 aliphatic heterocycles. The van der Waals surface area contributed by atoms with Gasteiger partial charge in [-0.25, -0.2) is 0 Å². The standard InChI is InChI=1S/C12H21N5O/c1-9(11-16-14-8-17(11)2)15-10(18)6-12(7-13)4-3-5-12/h8-9H,3-7,13H2,1-2H3,(H,15,18). The van der Waals surface area contributed by atoms with Gasteiger partial charge < -0.3 is 15.6 Å². The van der Waals surface area contributed by atoms with Gasteiger partial charge in [-0.3, -0.25) is 4.79 Å². The van der Waals surface area contributed by atoms with Crippen molar-refractivity contribution >= 4 is 5.91 Å². The molecule has 6 nitrogen and oxygen atoms in total. The minimum absolute atomic E-state index is 0.0453. The molecule has 1 aromatic heterocycles. The minimum atomic E-state index is -0.125. The highest BCUT2D eigenvalue weighted by molar-refractivity contribution is 5.77. The Kier molecular flexibility index (Phi) is 3.65. The number of hydrogen-bond donors (Lipinski definition) is 2. The topological polar surface area (TPSA) is 85.8 Å². The third kappa shape index (κ3) is 2.53. The van der Waals surface area contributed by atoms with Gasteiger partial charge in [-0.05, 0) is 31.7 Å². The Hall–Kier alpha value is -1.43. The SMILES string of the molecule is CC(NC(=O)CC1(CN)CCC1)c1nncn1C. The van der Waals surface area contributed by atoms with Crippen LogP contribution in [0.4, 0.5) is 0 Å². The molecule has 0 spiro atoms. The van der Waals surface area contributed by atoms with E-state index in [1.165, 1.54) is 6.42 Å². The first-order valence-electron chi connectivity index (χ1n) is 6.40. The van der Waals surface area contributed by atoms with Gasteiger partial charge in [-0.2, -0.15) is 0 Å². The van der Waals surface area contributed by atoms with Crippen molar-refractivity contribution in [2.75, 3.05) is 6.54 Å². The van der Waals surface area contributed by atoms with Crippen LogP contribution in [-0.4, -0.2) is 27.2 Å². The van der Waals surface area contributed by atoms with Crippen molar-refractivity contribution in [2.24, 2.45) is 18.2 Å². The zero-order valence-electron chi connectivity index (χ0n) is 11.0. The van der Waals surface area contributed by atoms with Crippen molar-refractivity contribution in [1.82, 2.24) is 20.1 Å². The quantitative estimate of drug-likeness (QED) is 0.798. The van der Waals surface area contributed by atoms with Crippen LogP contribution in [0, 0.1) is 5.41 Å². The van der Waals surface area contributed by atoms with Crippen LogP contribution >= 0.6 is 0 Å². The molecular weight excluding hydrogens is 230 g/mol. The maximum atomic E-state index is 12.0. The summed E-state index contributed by atoms with van der Waals surface area (Å²) in [5.74, 6) is 0.814. The van der Waals surface area contributed by atoms with Gasteiger partial charge >= 0.3 is 0 Å². The predicted octanol–water partition coefficient (Wildman–Crippen LogP) is 0.511. The second-order valence-corrected chi connectivity index (χ2v) is 5.32. The fraction of sp³-hybridized carbons (Fsp3) is 0.750. The third-order valence-corrected chi connectivity index (χ3v) is 3.89. The Morgan fingerprint density at radius 3 is 2.83 bits per heavy atom. The molecule has 1 aliphatic carbocycles. The maximum Gasteiger partial charge on any atom is 0.221 e. The molecule has 1 aromatic rings. The van der Waals surface area contributed by atoms with Gasteiger partial charge in [-0.1, -0.05) is 6.42 Å². The number of nitrogens with one attached hydrogen (secondary N) is 1. The summed E-state index contributed by atoms with van der Waals surface area (Å²) in [6, 6.07) is -0.125. The largest absolute Gasteiger partial charge is 0.346 e. The molecule has 0 aromatic carbocycles. The van der Waals surface area contributed by atoms with Crippen LogP contribution in [0.2, 0.25) is 0 Å². The lowest BCUT2D eigenvalue weighted by Crippen LogP contribution is -2.42. The molecule has 1 heterocycles. The third-order valence-electron chi connectivity index (χ3n) is 3.89. The highest BCUT2D eigenvalue weighted by Crippen LogP contribution is 2.42. The molecule has 1 atom stereocenters. The number of aryl methyl sites for hydroxylation is 1. The summed E-state index contributed by atoms with van der Waals surface area (Å²) >= 11 is 0. The molecule has 1 aliphatic rings. The average molecular weight is 251 g/mol. The molecule has 2 rings (SSSR count). The first kappa shape index (κ1) is 13.0. The first-order valence-corrected chi connectivity index (χ1v) is 6.40. The summed E-state index contributed by atoms with van der Waals surface area (Å²) in [6.07, 6.45) is 5.46. The maximum absolute atomic E-state index is 12.0. The number of amides is 1. The number of aromatic nitrogens is 3. The van der Waals surface area contributed by atoms with E-state index in [1.807, 2.05) is 18.5 Å². The Bertz CT molecular complexity index is 418. The Morgan fingerprint density at radius 1 is 1.67 bits per heavy atom. The van der Waals surface area contributed by atoms with E-state index >= 15 is 0 Å². The zero-order valence-corrected chi connectivity index (χ0v) is 11.0. The summed E-state index contributed by atoms with van der Waals surface area (Å²) in [6.45, 7) is 2.51. The molecular formula is C12H21N5O. The van der Waals surface area contributed by atoms with E-state index in [1.54, 1.807) is 6.33 Å². The van der Waals surface area contributed by atoms with Crippen molar-refractivity contribution in [1.29, 1.82) is 0 Å². The molecule has 1 amide bonds. The summed E-state index contributed by atoms with van der Waals surface area (Å²) in [5, 5.41) is 10.8. The van der Waals surface area contributed by atoms with Gasteiger partial charge in [0.15, 0.2) is 5.82 Å². The van der Waals surface area contributed by atoms with E-state index < -0.39 is 0 Å². The van der Waals surface area contributed by atoms with Gasteiger partial charge in [0, 0.05) is 13.5 Å². The summed E-state index contributed by atoms with van der Waals surface area (Å²) < 4.78 is 1.81. The monoisotopic (exact) mass is 251 g/mol. The lowest BCUT2D eigenvalue weighted by Gasteiger charge is -2.40. The predicted molar refractivity (Wildman–Crippen MR) is 67.5 cm³/mol. The van der Waals surface area contributed by atoms with Crippen LogP contribution < -0.4 is 11.1 Å². The number of hydrogen-bond acceptors (Lipinski definition) is 4. The van der Waals surface area contributed by atoms with Crippen molar-refractivity contribution < 1.29 is 4.79 Å². The number of rotatable bonds is 5. The number of carbonyl (C=O) groups is 1. The van der Waals surface area contributed by atoms with Crippen LogP contribution in [-0.2, 0) is 11.8 Å². The zero-order chi connectivity index (χ0) is 13.2. The minimum Gasteiger partial charge on any atom is -0.346 e. The Morgan fingerprint density at radius 2 is 2.39 bits per heavy atom. The van der Waals surface area contributed by atoms with Crippen LogP contribution in [0.3, 0.4) is 0 Å². The number of nitrogens with zero attached hydrogens (tertiary/aromatic N) is 3. The first-order chi connectivity index (χ1) is 8.56. The number of nitrogens with two attached hydrogens (primary N) is 1.